The summed E-state index contributed by atoms with van der Waals surface area (Å²) in [7, 11) is 0. The van der Waals surface area contributed by atoms with Crippen molar-refractivity contribution in [3.8, 4) is 0 Å². The zero-order chi connectivity index (χ0) is 15.5. The number of hydrogen-bond acceptors (Lipinski definition) is 3. The molecule has 1 heterocycles. The smallest absolute Gasteiger partial charge is 0.253 e. The summed E-state index contributed by atoms with van der Waals surface area (Å²) < 4.78 is 13.1. The van der Waals surface area contributed by atoms with E-state index in [1.54, 1.807) is 24.4 Å². The highest BCUT2D eigenvalue weighted by Gasteiger charge is 2.15. The average Bonchev–Trinajstić information content (AvgIpc) is 2.37. The molecular weight excluding hydrogens is 269 g/mol. The van der Waals surface area contributed by atoms with E-state index in [1.165, 1.54) is 18.3 Å². The summed E-state index contributed by atoms with van der Waals surface area (Å²) in [6, 6.07) is 7.78. The second-order valence-electron chi connectivity index (χ2n) is 5.80. The average molecular weight is 287 g/mol. The van der Waals surface area contributed by atoms with Crippen LogP contribution in [-0.4, -0.2) is 16.4 Å². The molecule has 0 saturated carbocycles. The van der Waals surface area contributed by atoms with Crippen LogP contribution in [0.15, 0.2) is 42.7 Å². The van der Waals surface area contributed by atoms with Crippen LogP contribution in [0.2, 0.25) is 0 Å². The molecule has 1 amide bonds. The maximum absolute atomic E-state index is 13.1. The Labute approximate surface area is 123 Å². The van der Waals surface area contributed by atoms with Crippen molar-refractivity contribution in [2.24, 2.45) is 0 Å². The van der Waals surface area contributed by atoms with E-state index in [0.717, 1.165) is 0 Å². The number of nitrogens with zero attached hydrogens (tertiary/aromatic N) is 1. The summed E-state index contributed by atoms with van der Waals surface area (Å²) in [5.41, 5.74) is 1.36. The van der Waals surface area contributed by atoms with Gasteiger partial charge in [0.1, 0.15) is 5.82 Å². The molecule has 0 unspecified atom stereocenters. The Morgan fingerprint density at radius 3 is 2.57 bits per heavy atom. The van der Waals surface area contributed by atoms with Crippen LogP contribution in [0.1, 0.15) is 31.1 Å². The quantitative estimate of drug-likeness (QED) is 0.908. The number of anilines is 2. The molecule has 0 aliphatic rings. The van der Waals surface area contributed by atoms with E-state index in [0.29, 0.717) is 16.9 Å². The molecule has 0 aliphatic carbocycles. The molecule has 2 aromatic rings. The number of rotatable bonds is 3. The SMILES string of the molecule is CC(C)(C)NC(=O)c1cncc(Nc2cccc(F)c2)c1. The maximum atomic E-state index is 13.1. The van der Waals surface area contributed by atoms with Crippen LogP contribution in [0, 0.1) is 5.82 Å². The van der Waals surface area contributed by atoms with E-state index >= 15 is 0 Å². The highest BCUT2D eigenvalue weighted by molar-refractivity contribution is 5.95. The zero-order valence-electron chi connectivity index (χ0n) is 12.3. The van der Waals surface area contributed by atoms with Gasteiger partial charge in [0.15, 0.2) is 0 Å². The molecule has 0 bridgehead atoms. The predicted octanol–water partition coefficient (Wildman–Crippen LogP) is 3.49. The largest absolute Gasteiger partial charge is 0.354 e. The molecule has 4 nitrogen and oxygen atoms in total. The Morgan fingerprint density at radius 2 is 1.90 bits per heavy atom. The van der Waals surface area contributed by atoms with Crippen LogP contribution < -0.4 is 10.6 Å². The number of amides is 1. The first-order valence-electron chi connectivity index (χ1n) is 6.64. The van der Waals surface area contributed by atoms with Crippen molar-refractivity contribution in [2.75, 3.05) is 5.32 Å². The molecule has 0 fully saturated rings. The van der Waals surface area contributed by atoms with Gasteiger partial charge in [-0.3, -0.25) is 9.78 Å². The summed E-state index contributed by atoms with van der Waals surface area (Å²) in [6.07, 6.45) is 3.08. The normalized spacial score (nSPS) is 11.0. The molecule has 0 saturated heterocycles. The maximum Gasteiger partial charge on any atom is 0.253 e. The summed E-state index contributed by atoms with van der Waals surface area (Å²) in [6.45, 7) is 5.73. The Balaban J connectivity index is 2.16. The summed E-state index contributed by atoms with van der Waals surface area (Å²) in [5.74, 6) is -0.521. The van der Waals surface area contributed by atoms with Gasteiger partial charge >= 0.3 is 0 Å². The first-order chi connectivity index (χ1) is 9.83. The van der Waals surface area contributed by atoms with Crippen molar-refractivity contribution in [1.29, 1.82) is 0 Å². The van der Waals surface area contributed by atoms with E-state index in [-0.39, 0.29) is 17.3 Å². The summed E-state index contributed by atoms with van der Waals surface area (Å²) in [4.78, 5) is 16.1. The van der Waals surface area contributed by atoms with Crippen LogP contribution in [0.3, 0.4) is 0 Å². The Bertz CT molecular complexity index is 650. The van der Waals surface area contributed by atoms with Gasteiger partial charge in [0, 0.05) is 17.4 Å². The fourth-order valence-electron chi connectivity index (χ4n) is 1.78. The number of pyridine rings is 1. The van der Waals surface area contributed by atoms with Crippen molar-refractivity contribution >= 4 is 17.3 Å². The minimum absolute atomic E-state index is 0.196. The molecule has 0 radical (unpaired) electrons. The van der Waals surface area contributed by atoms with Gasteiger partial charge in [0.05, 0.1) is 17.4 Å². The van der Waals surface area contributed by atoms with Gasteiger partial charge in [0.2, 0.25) is 0 Å². The van der Waals surface area contributed by atoms with Gasteiger partial charge in [-0.15, -0.1) is 0 Å². The highest BCUT2D eigenvalue weighted by Crippen LogP contribution is 2.17. The fraction of sp³-hybridized carbons (Fsp3) is 0.250. The van der Waals surface area contributed by atoms with Crippen molar-refractivity contribution in [2.45, 2.75) is 26.3 Å². The lowest BCUT2D eigenvalue weighted by Gasteiger charge is -2.20. The molecule has 110 valence electrons. The van der Waals surface area contributed by atoms with Crippen LogP contribution in [0.25, 0.3) is 0 Å². The first kappa shape index (κ1) is 15.0. The van der Waals surface area contributed by atoms with Crippen molar-refractivity contribution in [1.82, 2.24) is 10.3 Å². The topological polar surface area (TPSA) is 54.0 Å². The number of aromatic nitrogens is 1. The van der Waals surface area contributed by atoms with Crippen LogP contribution in [-0.2, 0) is 0 Å². The predicted molar refractivity (Wildman–Crippen MR) is 81.1 cm³/mol. The van der Waals surface area contributed by atoms with Gasteiger partial charge < -0.3 is 10.6 Å². The fourth-order valence-corrected chi connectivity index (χ4v) is 1.78. The number of carbonyl (C=O) groups excluding carboxylic acids is 1. The zero-order valence-corrected chi connectivity index (χ0v) is 12.3. The van der Waals surface area contributed by atoms with Crippen molar-refractivity contribution in [3.05, 3.63) is 54.1 Å². The summed E-state index contributed by atoms with van der Waals surface area (Å²) in [5, 5.41) is 5.89. The minimum Gasteiger partial charge on any atom is -0.354 e. The molecule has 0 spiro atoms. The van der Waals surface area contributed by atoms with Crippen molar-refractivity contribution < 1.29 is 9.18 Å². The lowest BCUT2D eigenvalue weighted by molar-refractivity contribution is 0.0919. The number of benzene rings is 1. The van der Waals surface area contributed by atoms with Gasteiger partial charge in [0.25, 0.3) is 5.91 Å². The molecule has 1 aromatic heterocycles. The third kappa shape index (κ3) is 4.56. The molecule has 1 aromatic carbocycles. The molecule has 21 heavy (non-hydrogen) atoms. The van der Waals surface area contributed by atoms with Gasteiger partial charge in [-0.1, -0.05) is 6.07 Å². The number of carbonyl (C=O) groups is 1. The number of halogens is 1. The molecule has 5 heteroatoms. The van der Waals surface area contributed by atoms with Gasteiger partial charge in [-0.05, 0) is 45.0 Å². The highest BCUT2D eigenvalue weighted by atomic mass is 19.1. The number of hydrogen-bond donors (Lipinski definition) is 2. The second-order valence-corrected chi connectivity index (χ2v) is 5.80. The molecule has 2 rings (SSSR count). The summed E-state index contributed by atoms with van der Waals surface area (Å²) >= 11 is 0. The second kappa shape index (κ2) is 5.91. The van der Waals surface area contributed by atoms with Crippen molar-refractivity contribution in [3.63, 3.8) is 0 Å². The molecule has 0 atom stereocenters. The number of nitrogens with one attached hydrogen (secondary N) is 2. The third-order valence-electron chi connectivity index (χ3n) is 2.60. The monoisotopic (exact) mass is 287 g/mol. The Hall–Kier alpha value is -2.43. The Morgan fingerprint density at radius 1 is 1.14 bits per heavy atom. The Kier molecular flexibility index (Phi) is 4.21. The van der Waals surface area contributed by atoms with Crippen LogP contribution in [0.4, 0.5) is 15.8 Å². The first-order valence-corrected chi connectivity index (χ1v) is 6.64. The minimum atomic E-state index is -0.324. The van der Waals surface area contributed by atoms with E-state index in [9.17, 15) is 9.18 Å². The van der Waals surface area contributed by atoms with Gasteiger partial charge in [-0.25, -0.2) is 4.39 Å². The van der Waals surface area contributed by atoms with Crippen LogP contribution in [0.5, 0.6) is 0 Å². The van der Waals surface area contributed by atoms with Gasteiger partial charge in [-0.2, -0.15) is 0 Å². The third-order valence-corrected chi connectivity index (χ3v) is 2.60. The van der Waals surface area contributed by atoms with E-state index < -0.39 is 0 Å². The van der Waals surface area contributed by atoms with E-state index in [4.69, 9.17) is 0 Å². The van der Waals surface area contributed by atoms with Crippen LogP contribution >= 0.6 is 0 Å². The van der Waals surface area contributed by atoms with E-state index in [2.05, 4.69) is 15.6 Å². The molecule has 0 aliphatic heterocycles. The molecule has 2 N–H and O–H groups in total. The lowest BCUT2D eigenvalue weighted by Crippen LogP contribution is -2.40. The van der Waals surface area contributed by atoms with E-state index in [1.807, 2.05) is 20.8 Å². The standard InChI is InChI=1S/C16H18FN3O/c1-16(2,3)20-15(21)11-7-14(10-18-9-11)19-13-6-4-5-12(17)8-13/h4-10,19H,1-3H3,(H,20,21). The lowest BCUT2D eigenvalue weighted by atomic mass is 10.1. The molecular formula is C16H18FN3O.